The molecule has 9 nitrogen and oxygen atoms in total. The number of carbonyl (C=O) groups is 1. The number of para-hydroxylation sites is 1. The number of hydrogen-bond acceptors (Lipinski definition) is 7. The second-order valence-electron chi connectivity index (χ2n) is 7.00. The highest BCUT2D eigenvalue weighted by atomic mass is 32.1. The minimum atomic E-state index is -0.748. The third kappa shape index (κ3) is 4.40. The first kappa shape index (κ1) is 21.3. The van der Waals surface area contributed by atoms with Crippen molar-refractivity contribution in [3.05, 3.63) is 91.1 Å². The van der Waals surface area contributed by atoms with Crippen LogP contribution in [0.3, 0.4) is 0 Å². The van der Waals surface area contributed by atoms with Crippen LogP contribution in [0.25, 0.3) is 11.1 Å². The number of benzene rings is 2. The second kappa shape index (κ2) is 9.06. The fourth-order valence-corrected chi connectivity index (χ4v) is 4.14. The Morgan fingerprint density at radius 3 is 2.72 bits per heavy atom. The van der Waals surface area contributed by atoms with E-state index >= 15 is 0 Å². The maximum Gasteiger partial charge on any atom is 0.420 e. The van der Waals surface area contributed by atoms with Crippen LogP contribution in [0.5, 0.6) is 5.75 Å². The normalized spacial score (nSPS) is 10.9. The molecular formula is C22H19N3O6S. The summed E-state index contributed by atoms with van der Waals surface area (Å²) in [5.74, 6) is -0.385. The summed E-state index contributed by atoms with van der Waals surface area (Å²) in [6.45, 7) is 0.394. The fourth-order valence-electron chi connectivity index (χ4n) is 3.42. The van der Waals surface area contributed by atoms with Crippen LogP contribution in [-0.4, -0.2) is 27.4 Å². The second-order valence-corrected chi connectivity index (χ2v) is 8.04. The zero-order chi connectivity index (χ0) is 22.7. The number of nitro groups is 1. The smallest absolute Gasteiger partial charge is 0.420 e. The minimum absolute atomic E-state index is 0.0616. The number of methoxy groups -OCH3 is 1. The van der Waals surface area contributed by atoms with E-state index in [9.17, 15) is 19.7 Å². The van der Waals surface area contributed by atoms with E-state index in [1.165, 1.54) is 34.1 Å². The Morgan fingerprint density at radius 2 is 2.00 bits per heavy atom. The highest BCUT2D eigenvalue weighted by molar-refractivity contribution is 7.09. The summed E-state index contributed by atoms with van der Waals surface area (Å²) in [6, 6.07) is 15.1. The SMILES string of the molecule is COc1ccccc1CN(Cc1cccs1)C(=O)Cn1c(=O)oc2cc([N+](=O)[O-])ccc21. The molecule has 1 amide bonds. The van der Waals surface area contributed by atoms with Crippen molar-refractivity contribution in [2.45, 2.75) is 19.6 Å². The molecule has 164 valence electrons. The van der Waals surface area contributed by atoms with Gasteiger partial charge in [0.25, 0.3) is 5.69 Å². The molecule has 4 rings (SSSR count). The summed E-state index contributed by atoms with van der Waals surface area (Å²) >= 11 is 1.53. The van der Waals surface area contributed by atoms with Gasteiger partial charge in [-0.25, -0.2) is 4.79 Å². The number of fused-ring (bicyclic) bond motifs is 1. The van der Waals surface area contributed by atoms with Crippen LogP contribution < -0.4 is 10.5 Å². The number of thiophene rings is 1. The predicted octanol–water partition coefficient (Wildman–Crippen LogP) is 3.80. The molecule has 0 spiro atoms. The molecule has 0 fully saturated rings. The Labute approximate surface area is 186 Å². The third-order valence-electron chi connectivity index (χ3n) is 4.99. The molecule has 0 atom stereocenters. The van der Waals surface area contributed by atoms with Crippen molar-refractivity contribution in [2.75, 3.05) is 7.11 Å². The molecule has 4 aromatic rings. The summed E-state index contributed by atoms with van der Waals surface area (Å²) in [6.07, 6.45) is 0. The average Bonchev–Trinajstić information content (AvgIpc) is 3.40. The molecule has 0 radical (unpaired) electrons. The van der Waals surface area contributed by atoms with Gasteiger partial charge in [0.2, 0.25) is 5.91 Å². The number of nitro benzene ring substituents is 1. The van der Waals surface area contributed by atoms with Crippen molar-refractivity contribution in [3.8, 4) is 5.75 Å². The summed E-state index contributed by atoms with van der Waals surface area (Å²) in [7, 11) is 1.57. The largest absolute Gasteiger partial charge is 0.496 e. The van der Waals surface area contributed by atoms with E-state index in [2.05, 4.69) is 0 Å². The molecule has 0 unspecified atom stereocenters. The van der Waals surface area contributed by atoms with Gasteiger partial charge in [-0.05, 0) is 23.6 Å². The molecule has 0 bridgehead atoms. The van der Waals surface area contributed by atoms with Gasteiger partial charge in [0.1, 0.15) is 12.3 Å². The van der Waals surface area contributed by atoms with Crippen molar-refractivity contribution < 1.29 is 18.9 Å². The first-order valence-corrected chi connectivity index (χ1v) is 10.5. The zero-order valence-corrected chi connectivity index (χ0v) is 17.9. The van der Waals surface area contributed by atoms with Gasteiger partial charge >= 0.3 is 5.76 Å². The van der Waals surface area contributed by atoms with Crippen LogP contribution in [-0.2, 0) is 24.4 Å². The molecule has 0 saturated heterocycles. The lowest BCUT2D eigenvalue weighted by Crippen LogP contribution is -2.34. The van der Waals surface area contributed by atoms with Crippen LogP contribution in [0.1, 0.15) is 10.4 Å². The molecule has 0 N–H and O–H groups in total. The van der Waals surface area contributed by atoms with Gasteiger partial charge in [0.05, 0.1) is 30.2 Å². The molecule has 0 aliphatic rings. The van der Waals surface area contributed by atoms with E-state index in [-0.39, 0.29) is 30.3 Å². The van der Waals surface area contributed by atoms with Gasteiger partial charge in [-0.3, -0.25) is 19.5 Å². The summed E-state index contributed by atoms with van der Waals surface area (Å²) in [4.78, 5) is 38.7. The number of ether oxygens (including phenoxy) is 1. The number of carbonyl (C=O) groups excluding carboxylic acids is 1. The highest BCUT2D eigenvalue weighted by Gasteiger charge is 2.21. The van der Waals surface area contributed by atoms with E-state index in [1.807, 2.05) is 41.8 Å². The summed E-state index contributed by atoms with van der Waals surface area (Å²) < 4.78 is 11.7. The number of non-ortho nitro benzene ring substituents is 1. The standard InChI is InChI=1S/C22H19N3O6S/c1-30-19-7-3-2-5-15(19)12-23(13-17-6-4-10-32-17)21(26)14-24-18-9-8-16(25(28)29)11-20(18)31-22(24)27/h2-11H,12-14H2,1H3. The molecule has 2 aromatic heterocycles. The quantitative estimate of drug-likeness (QED) is 0.297. The summed E-state index contributed by atoms with van der Waals surface area (Å²) in [5.41, 5.74) is 1.02. The predicted molar refractivity (Wildman–Crippen MR) is 119 cm³/mol. The number of oxazole rings is 1. The fraction of sp³-hybridized carbons (Fsp3) is 0.182. The van der Waals surface area contributed by atoms with Gasteiger partial charge in [0.15, 0.2) is 5.58 Å². The maximum absolute atomic E-state index is 13.3. The van der Waals surface area contributed by atoms with E-state index < -0.39 is 10.7 Å². The Bertz CT molecular complexity index is 1330. The minimum Gasteiger partial charge on any atom is -0.496 e. The van der Waals surface area contributed by atoms with Crippen molar-refractivity contribution in [1.29, 1.82) is 0 Å². The highest BCUT2D eigenvalue weighted by Crippen LogP contribution is 2.23. The van der Waals surface area contributed by atoms with Crippen molar-refractivity contribution in [2.24, 2.45) is 0 Å². The van der Waals surface area contributed by atoms with Crippen LogP contribution in [0.4, 0.5) is 5.69 Å². The van der Waals surface area contributed by atoms with Crippen molar-refractivity contribution in [3.63, 3.8) is 0 Å². The third-order valence-corrected chi connectivity index (χ3v) is 5.85. The molecular weight excluding hydrogens is 434 g/mol. The van der Waals surface area contributed by atoms with Gasteiger partial charge in [0, 0.05) is 23.1 Å². The molecule has 32 heavy (non-hydrogen) atoms. The average molecular weight is 453 g/mol. The van der Waals surface area contributed by atoms with E-state index in [1.54, 1.807) is 12.0 Å². The van der Waals surface area contributed by atoms with Crippen molar-refractivity contribution in [1.82, 2.24) is 9.47 Å². The molecule has 0 aliphatic heterocycles. The first-order chi connectivity index (χ1) is 15.5. The zero-order valence-electron chi connectivity index (χ0n) is 17.1. The molecule has 2 heterocycles. The van der Waals surface area contributed by atoms with Crippen molar-refractivity contribution >= 4 is 34.0 Å². The number of nitrogens with zero attached hydrogens (tertiary/aromatic N) is 3. The molecule has 0 aliphatic carbocycles. The number of hydrogen-bond donors (Lipinski definition) is 0. The lowest BCUT2D eigenvalue weighted by molar-refractivity contribution is -0.384. The van der Waals surface area contributed by atoms with Gasteiger partial charge in [-0.2, -0.15) is 0 Å². The van der Waals surface area contributed by atoms with E-state index in [0.29, 0.717) is 17.8 Å². The molecule has 0 saturated carbocycles. The number of rotatable bonds is 8. The molecule has 10 heteroatoms. The Morgan fingerprint density at radius 1 is 1.19 bits per heavy atom. The van der Waals surface area contributed by atoms with Crippen LogP contribution in [0, 0.1) is 10.1 Å². The lowest BCUT2D eigenvalue weighted by atomic mass is 10.2. The van der Waals surface area contributed by atoms with Gasteiger partial charge in [-0.15, -0.1) is 11.3 Å². The number of aromatic nitrogens is 1. The Balaban J connectivity index is 1.64. The number of amides is 1. The lowest BCUT2D eigenvalue weighted by Gasteiger charge is -2.23. The Hall–Kier alpha value is -3.92. The topological polar surface area (TPSA) is 108 Å². The monoisotopic (exact) mass is 453 g/mol. The van der Waals surface area contributed by atoms with E-state index in [0.717, 1.165) is 10.4 Å². The van der Waals surface area contributed by atoms with Crippen LogP contribution in [0.2, 0.25) is 0 Å². The van der Waals surface area contributed by atoms with Crippen LogP contribution >= 0.6 is 11.3 Å². The first-order valence-electron chi connectivity index (χ1n) is 9.66. The molecule has 2 aromatic carbocycles. The van der Waals surface area contributed by atoms with Gasteiger partial charge in [-0.1, -0.05) is 24.3 Å². The van der Waals surface area contributed by atoms with Crippen LogP contribution in [0.15, 0.2) is 69.2 Å². The van der Waals surface area contributed by atoms with E-state index in [4.69, 9.17) is 9.15 Å². The summed E-state index contributed by atoms with van der Waals surface area (Å²) in [5, 5.41) is 12.9. The van der Waals surface area contributed by atoms with Gasteiger partial charge < -0.3 is 14.1 Å². The maximum atomic E-state index is 13.3. The Kier molecular flexibility index (Phi) is 6.04.